The fourth-order valence-electron chi connectivity index (χ4n) is 2.08. The molecule has 2 aromatic rings. The Morgan fingerprint density at radius 2 is 1.85 bits per heavy atom. The number of hydrazine groups is 1. The number of methoxy groups -OCH3 is 1. The van der Waals surface area contributed by atoms with E-state index in [2.05, 4.69) is 10.9 Å². The first-order valence-electron chi connectivity index (χ1n) is 8.32. The van der Waals surface area contributed by atoms with Crippen LogP contribution in [0.25, 0.3) is 0 Å². The number of carbonyl (C=O) groups is 2. The van der Waals surface area contributed by atoms with Crippen LogP contribution in [0.3, 0.4) is 0 Å². The molecule has 0 saturated carbocycles. The monoisotopic (exact) mass is 392 g/mol. The molecule has 0 bridgehead atoms. The van der Waals surface area contributed by atoms with Crippen molar-refractivity contribution in [3.05, 3.63) is 53.1 Å². The smallest absolute Gasteiger partial charge is 0.276 e. The maximum Gasteiger partial charge on any atom is 0.276 e. The third-order valence-electron chi connectivity index (χ3n) is 3.37. The molecule has 0 unspecified atom stereocenters. The molecule has 0 spiro atoms. The largest absolute Gasteiger partial charge is 0.493 e. The Morgan fingerprint density at radius 1 is 1.04 bits per heavy atom. The molecule has 8 heteroatoms. The quantitative estimate of drug-likeness (QED) is 0.674. The molecule has 0 aliphatic rings. The van der Waals surface area contributed by atoms with Crippen molar-refractivity contribution in [2.75, 3.05) is 20.3 Å². The molecule has 2 aromatic carbocycles. The summed E-state index contributed by atoms with van der Waals surface area (Å²) in [6.07, 6.45) is 0.856. The molecule has 2 amide bonds. The lowest BCUT2D eigenvalue weighted by Crippen LogP contribution is -2.43. The second-order valence-corrected chi connectivity index (χ2v) is 5.90. The van der Waals surface area contributed by atoms with E-state index in [9.17, 15) is 9.59 Å². The predicted octanol–water partition coefficient (Wildman–Crippen LogP) is 2.98. The summed E-state index contributed by atoms with van der Waals surface area (Å²) in [5.41, 5.74) is 4.91. The number of halogens is 1. The van der Waals surface area contributed by atoms with Crippen LogP contribution in [0.4, 0.5) is 0 Å². The number of nitrogens with one attached hydrogen (secondary N) is 2. The van der Waals surface area contributed by atoms with Crippen molar-refractivity contribution >= 4 is 23.4 Å². The van der Waals surface area contributed by atoms with Crippen LogP contribution < -0.4 is 25.1 Å². The van der Waals surface area contributed by atoms with E-state index in [1.807, 2.05) is 6.92 Å². The Hall–Kier alpha value is -2.93. The second-order valence-electron chi connectivity index (χ2n) is 5.46. The lowest BCUT2D eigenvalue weighted by molar-refractivity contribution is -0.123. The summed E-state index contributed by atoms with van der Waals surface area (Å²) in [7, 11) is 1.49. The molecular weight excluding hydrogens is 372 g/mol. The molecule has 0 aliphatic heterocycles. The Kier molecular flexibility index (Phi) is 7.76. The first kappa shape index (κ1) is 20.4. The minimum atomic E-state index is -0.516. The van der Waals surface area contributed by atoms with E-state index in [1.54, 1.807) is 36.4 Å². The summed E-state index contributed by atoms with van der Waals surface area (Å²) in [5.74, 6) is 0.433. The van der Waals surface area contributed by atoms with Crippen LogP contribution in [0.2, 0.25) is 5.02 Å². The van der Waals surface area contributed by atoms with E-state index in [1.165, 1.54) is 13.2 Å². The van der Waals surface area contributed by atoms with Gasteiger partial charge >= 0.3 is 0 Å². The van der Waals surface area contributed by atoms with E-state index >= 15 is 0 Å². The molecule has 144 valence electrons. The number of ether oxygens (including phenoxy) is 3. The fourth-order valence-corrected chi connectivity index (χ4v) is 2.26. The van der Waals surface area contributed by atoms with Crippen LogP contribution in [0.1, 0.15) is 23.7 Å². The second kappa shape index (κ2) is 10.3. The molecule has 0 atom stereocenters. The number of amides is 2. The van der Waals surface area contributed by atoms with Crippen LogP contribution in [0.5, 0.6) is 17.2 Å². The van der Waals surface area contributed by atoms with Crippen molar-refractivity contribution in [3.8, 4) is 17.2 Å². The highest BCUT2D eigenvalue weighted by Gasteiger charge is 2.12. The molecular formula is C19H21ClN2O5. The van der Waals surface area contributed by atoms with E-state index in [-0.39, 0.29) is 6.61 Å². The minimum absolute atomic E-state index is 0.270. The number of benzene rings is 2. The highest BCUT2D eigenvalue weighted by Crippen LogP contribution is 2.28. The third kappa shape index (κ3) is 6.38. The molecule has 0 radical (unpaired) electrons. The van der Waals surface area contributed by atoms with Crippen molar-refractivity contribution < 1.29 is 23.8 Å². The van der Waals surface area contributed by atoms with Gasteiger partial charge in [-0.3, -0.25) is 20.4 Å². The molecule has 2 N–H and O–H groups in total. The number of hydrogen-bond donors (Lipinski definition) is 2. The summed E-state index contributed by atoms with van der Waals surface area (Å²) < 4.78 is 16.1. The lowest BCUT2D eigenvalue weighted by atomic mass is 10.2. The van der Waals surface area contributed by atoms with Crippen molar-refractivity contribution in [3.63, 3.8) is 0 Å². The van der Waals surface area contributed by atoms with Crippen LogP contribution in [-0.2, 0) is 4.79 Å². The first-order chi connectivity index (χ1) is 13.0. The third-order valence-corrected chi connectivity index (χ3v) is 3.60. The Balaban J connectivity index is 1.86. The maximum absolute atomic E-state index is 12.2. The van der Waals surface area contributed by atoms with Gasteiger partial charge in [-0.1, -0.05) is 24.6 Å². The average Bonchev–Trinajstić information content (AvgIpc) is 2.68. The van der Waals surface area contributed by atoms with Gasteiger partial charge in [-0.15, -0.1) is 0 Å². The van der Waals surface area contributed by atoms with Crippen LogP contribution in [-0.4, -0.2) is 32.1 Å². The van der Waals surface area contributed by atoms with E-state index in [0.717, 1.165) is 6.42 Å². The van der Waals surface area contributed by atoms with E-state index in [0.29, 0.717) is 34.4 Å². The predicted molar refractivity (Wildman–Crippen MR) is 101 cm³/mol. The fraction of sp³-hybridized carbons (Fsp3) is 0.263. The summed E-state index contributed by atoms with van der Waals surface area (Å²) in [6, 6.07) is 11.4. The lowest BCUT2D eigenvalue weighted by Gasteiger charge is -2.12. The van der Waals surface area contributed by atoms with Gasteiger partial charge in [-0.2, -0.15) is 0 Å². The number of carbonyl (C=O) groups excluding carboxylic acids is 2. The Morgan fingerprint density at radius 3 is 2.56 bits per heavy atom. The van der Waals surface area contributed by atoms with Crippen molar-refractivity contribution in [1.82, 2.24) is 10.9 Å². The highest BCUT2D eigenvalue weighted by molar-refractivity contribution is 6.30. The van der Waals surface area contributed by atoms with Gasteiger partial charge in [0.2, 0.25) is 0 Å². The van der Waals surface area contributed by atoms with Crippen LogP contribution >= 0.6 is 11.6 Å². The highest BCUT2D eigenvalue weighted by atomic mass is 35.5. The standard InChI is InChI=1S/C19H21ClN2O5/c1-3-9-26-16-8-7-13(10-17(16)25-2)19(24)22-21-18(23)12-27-15-6-4-5-14(20)11-15/h4-8,10-11H,3,9,12H2,1-2H3,(H,21,23)(H,22,24). The van der Waals surface area contributed by atoms with Crippen LogP contribution in [0, 0.1) is 0 Å². The molecule has 7 nitrogen and oxygen atoms in total. The number of hydrogen-bond acceptors (Lipinski definition) is 5. The molecule has 0 fully saturated rings. The number of rotatable bonds is 8. The van der Waals surface area contributed by atoms with Gasteiger partial charge in [-0.05, 0) is 42.8 Å². The zero-order valence-corrected chi connectivity index (χ0v) is 15.8. The topological polar surface area (TPSA) is 85.9 Å². The van der Waals surface area contributed by atoms with E-state index in [4.69, 9.17) is 25.8 Å². The van der Waals surface area contributed by atoms with Gasteiger partial charge < -0.3 is 14.2 Å². The van der Waals surface area contributed by atoms with Gasteiger partial charge in [0.1, 0.15) is 5.75 Å². The molecule has 0 aromatic heterocycles. The van der Waals surface area contributed by atoms with Gasteiger partial charge in [0.05, 0.1) is 13.7 Å². The van der Waals surface area contributed by atoms with E-state index < -0.39 is 11.8 Å². The summed E-state index contributed by atoms with van der Waals surface area (Å²) in [4.78, 5) is 24.0. The van der Waals surface area contributed by atoms with Gasteiger partial charge in [-0.25, -0.2) is 0 Å². The normalized spacial score (nSPS) is 10.0. The summed E-state index contributed by atoms with van der Waals surface area (Å²) >= 11 is 5.84. The van der Waals surface area contributed by atoms with Crippen LogP contribution in [0.15, 0.2) is 42.5 Å². The first-order valence-corrected chi connectivity index (χ1v) is 8.69. The maximum atomic E-state index is 12.2. The van der Waals surface area contributed by atoms with Gasteiger partial charge in [0.15, 0.2) is 18.1 Å². The zero-order valence-electron chi connectivity index (χ0n) is 15.1. The van der Waals surface area contributed by atoms with Crippen molar-refractivity contribution in [2.24, 2.45) is 0 Å². The van der Waals surface area contributed by atoms with Crippen molar-refractivity contribution in [1.29, 1.82) is 0 Å². The summed E-state index contributed by atoms with van der Waals surface area (Å²) in [6.45, 7) is 2.27. The molecule has 0 heterocycles. The Bertz CT molecular complexity index is 797. The SMILES string of the molecule is CCCOc1ccc(C(=O)NNC(=O)COc2cccc(Cl)c2)cc1OC. The molecule has 27 heavy (non-hydrogen) atoms. The Labute approximate surface area is 162 Å². The summed E-state index contributed by atoms with van der Waals surface area (Å²) in [5, 5.41) is 0.501. The molecule has 0 saturated heterocycles. The minimum Gasteiger partial charge on any atom is -0.493 e. The van der Waals surface area contributed by atoms with Crippen molar-refractivity contribution in [2.45, 2.75) is 13.3 Å². The molecule has 0 aliphatic carbocycles. The van der Waals surface area contributed by atoms with Gasteiger partial charge in [0.25, 0.3) is 11.8 Å². The van der Waals surface area contributed by atoms with Gasteiger partial charge in [0, 0.05) is 10.6 Å². The molecule has 2 rings (SSSR count). The zero-order chi connectivity index (χ0) is 19.6. The average molecular weight is 393 g/mol.